The molecule has 0 aromatic heterocycles. The predicted molar refractivity (Wildman–Crippen MR) is 69.7 cm³/mol. The number of carboxylic acid groups (broad SMARTS) is 3. The Hall–Kier alpha value is -0.827. The second kappa shape index (κ2) is 10.8. The first-order chi connectivity index (χ1) is 8.83. The molecule has 0 aromatic carbocycles. The molecule has 0 saturated heterocycles. The van der Waals surface area contributed by atoms with Crippen molar-refractivity contribution in [2.45, 2.75) is 58.3 Å². The first-order valence-corrected chi connectivity index (χ1v) is 5.65. The number of carboxylic acids is 3. The van der Waals surface area contributed by atoms with Crippen LogP contribution in [0.15, 0.2) is 0 Å². The van der Waals surface area contributed by atoms with Gasteiger partial charge in [-0.15, -0.1) is 0 Å². The van der Waals surface area contributed by atoms with Crippen LogP contribution in [-0.4, -0.2) is 76.2 Å². The van der Waals surface area contributed by atoms with Gasteiger partial charge in [-0.2, -0.15) is 0 Å². The summed E-state index contributed by atoms with van der Waals surface area (Å²) >= 11 is 0. The molecule has 0 aromatic rings. The maximum Gasteiger partial charge on any atom is 3.00 e. The number of carbonyl (C=O) groups excluding carboxylic acids is 3. The van der Waals surface area contributed by atoms with Gasteiger partial charge in [0.2, 0.25) is 0 Å². The molecule has 3 N–H and O–H groups in total. The van der Waals surface area contributed by atoms with E-state index >= 15 is 0 Å². The fourth-order valence-electron chi connectivity index (χ4n) is 0. The Kier molecular flexibility index (Phi) is 14.4. The van der Waals surface area contributed by atoms with Gasteiger partial charge in [0.25, 0.3) is 0 Å². The average Bonchev–Trinajstić information content (AvgIpc) is 2.14. The van der Waals surface area contributed by atoms with Gasteiger partial charge >= 0.3 is 26.2 Å². The first-order valence-electron chi connectivity index (χ1n) is 5.65. The Bertz CT molecular complexity index is 301. The van der Waals surface area contributed by atoms with Gasteiger partial charge < -0.3 is 45.0 Å². The quantitative estimate of drug-likeness (QED) is 0.309. The van der Waals surface area contributed by atoms with Crippen molar-refractivity contribution in [1.29, 1.82) is 0 Å². The van der Waals surface area contributed by atoms with Crippen LogP contribution < -0.4 is 15.3 Å². The van der Waals surface area contributed by atoms with E-state index in [0.717, 1.165) is 41.5 Å². The summed E-state index contributed by atoms with van der Waals surface area (Å²) in [6, 6.07) is 0. The fraction of sp³-hybridized carbons (Fsp3) is 0.750. The molecule has 0 atom stereocenters. The molecular weight excluding hydrogens is 497 g/mol. The summed E-state index contributed by atoms with van der Waals surface area (Å²) < 4.78 is 0. The molecule has 0 rings (SSSR count). The molecule has 0 saturated carbocycles. The van der Waals surface area contributed by atoms with Gasteiger partial charge in [-0.05, 0) is 41.5 Å². The summed E-state index contributed by atoms with van der Waals surface area (Å²) in [6.45, 7) is 6.93. The summed E-state index contributed by atoms with van der Waals surface area (Å²) in [5.41, 5.74) is -5.08. The zero-order valence-electron chi connectivity index (χ0n) is 13.2. The van der Waals surface area contributed by atoms with Crippen LogP contribution in [-0.2, 0) is 14.4 Å². The van der Waals surface area contributed by atoms with Crippen LogP contribution in [0.2, 0.25) is 0 Å². The number of carbonyl (C=O) groups is 3. The van der Waals surface area contributed by atoms with Crippen molar-refractivity contribution in [2.75, 3.05) is 0 Å². The van der Waals surface area contributed by atoms with Crippen molar-refractivity contribution in [1.82, 2.24) is 0 Å². The third-order valence-corrected chi connectivity index (χ3v) is 1.50. The van der Waals surface area contributed by atoms with E-state index in [0.29, 0.717) is 0 Å². The van der Waals surface area contributed by atoms with Crippen molar-refractivity contribution in [3.05, 3.63) is 0 Å². The number of rotatable bonds is 3. The molecule has 0 heterocycles. The van der Waals surface area contributed by atoms with Crippen LogP contribution in [0.3, 0.4) is 0 Å². The summed E-state index contributed by atoms with van der Waals surface area (Å²) in [5.74, 6) is -4.35. The van der Waals surface area contributed by atoms with Crippen LogP contribution in [0.4, 0.5) is 0 Å². The van der Waals surface area contributed by atoms with Crippen LogP contribution in [0.25, 0.3) is 0 Å². The van der Waals surface area contributed by atoms with Crippen LogP contribution >= 0.6 is 0 Å². The normalized spacial score (nSPS) is 10.8. The maximum atomic E-state index is 9.66. The summed E-state index contributed by atoms with van der Waals surface area (Å²) in [6.07, 6.45) is 0. The molecule has 0 spiro atoms. The number of hydrogen-bond donors (Lipinski definition) is 3. The summed E-state index contributed by atoms with van der Waals surface area (Å²) in [4.78, 5) is 29.0. The standard InChI is InChI=1S/3C4H8O3.Bi/c3*1-4(2,7)3(5)6;/h3*7H,1-2H3,(H,5,6);/q;;;+3/p-3. The Morgan fingerprint density at radius 2 is 0.636 bits per heavy atom. The summed E-state index contributed by atoms with van der Waals surface area (Å²) in [5, 5.41) is 54.3. The van der Waals surface area contributed by atoms with E-state index in [2.05, 4.69) is 0 Å². The zero-order valence-corrected chi connectivity index (χ0v) is 16.7. The van der Waals surface area contributed by atoms with E-state index in [1.165, 1.54) is 0 Å². The minimum absolute atomic E-state index is 0. The fourth-order valence-corrected chi connectivity index (χ4v) is 0. The minimum atomic E-state index is -1.69. The van der Waals surface area contributed by atoms with E-state index in [9.17, 15) is 29.7 Å². The summed E-state index contributed by atoms with van der Waals surface area (Å²) in [7, 11) is 0. The van der Waals surface area contributed by atoms with Gasteiger partial charge in [0.1, 0.15) is 0 Å². The molecule has 0 aliphatic carbocycles. The topological polar surface area (TPSA) is 181 Å². The van der Waals surface area contributed by atoms with E-state index in [1.807, 2.05) is 0 Å². The molecular formula is C12H21BiO9. The number of hydrogen-bond acceptors (Lipinski definition) is 9. The third kappa shape index (κ3) is 21.5. The minimum Gasteiger partial charge on any atom is -0.547 e. The van der Waals surface area contributed by atoms with Crippen molar-refractivity contribution < 1.29 is 45.0 Å². The van der Waals surface area contributed by atoms with Crippen molar-refractivity contribution in [3.63, 3.8) is 0 Å². The zero-order chi connectivity index (χ0) is 18.2. The number of aliphatic hydroxyl groups is 3. The predicted octanol–water partition coefficient (Wildman–Crippen LogP) is -4.86. The molecule has 0 unspecified atom stereocenters. The molecule has 128 valence electrons. The Morgan fingerprint density at radius 3 is 0.636 bits per heavy atom. The number of aliphatic carboxylic acids is 3. The van der Waals surface area contributed by atoms with Gasteiger partial charge in [-0.1, -0.05) is 0 Å². The smallest absolute Gasteiger partial charge is 0.547 e. The van der Waals surface area contributed by atoms with Crippen molar-refractivity contribution in [3.8, 4) is 0 Å². The van der Waals surface area contributed by atoms with Gasteiger partial charge in [0.15, 0.2) is 0 Å². The van der Waals surface area contributed by atoms with E-state index < -0.39 is 34.7 Å². The van der Waals surface area contributed by atoms with Crippen molar-refractivity contribution in [2.24, 2.45) is 0 Å². The average molecular weight is 518 g/mol. The van der Waals surface area contributed by atoms with Gasteiger partial charge in [0, 0.05) is 0 Å². The van der Waals surface area contributed by atoms with Gasteiger partial charge in [0.05, 0.1) is 34.7 Å². The van der Waals surface area contributed by atoms with Crippen molar-refractivity contribution >= 4 is 44.1 Å². The first kappa shape index (κ1) is 29.2. The second-order valence-electron chi connectivity index (χ2n) is 5.54. The molecule has 0 fully saturated rings. The largest absolute Gasteiger partial charge is 3.00 e. The van der Waals surface area contributed by atoms with Crippen LogP contribution in [0, 0.1) is 0 Å². The molecule has 22 heavy (non-hydrogen) atoms. The van der Waals surface area contributed by atoms with E-state index in [-0.39, 0.29) is 26.2 Å². The molecule has 0 amide bonds. The third-order valence-electron chi connectivity index (χ3n) is 1.50. The molecule has 10 heteroatoms. The SMILES string of the molecule is CC(C)(O)C(=O)[O-].CC(C)(O)C(=O)[O-].CC(C)(O)C(=O)[O-].[Bi+3]. The van der Waals surface area contributed by atoms with Gasteiger partial charge in [-0.25, -0.2) is 0 Å². The Balaban J connectivity index is -0.000000108. The molecule has 2 radical (unpaired) electrons. The molecule has 0 aliphatic rings. The Labute approximate surface area is 147 Å². The van der Waals surface area contributed by atoms with Crippen LogP contribution in [0.5, 0.6) is 0 Å². The second-order valence-corrected chi connectivity index (χ2v) is 5.54. The van der Waals surface area contributed by atoms with Crippen LogP contribution in [0.1, 0.15) is 41.5 Å². The molecule has 0 bridgehead atoms. The molecule has 0 aliphatic heterocycles. The monoisotopic (exact) mass is 518 g/mol. The van der Waals surface area contributed by atoms with Gasteiger partial charge in [-0.3, -0.25) is 0 Å². The molecule has 9 nitrogen and oxygen atoms in total. The maximum absolute atomic E-state index is 9.66. The Morgan fingerprint density at radius 1 is 0.591 bits per heavy atom. The van der Waals surface area contributed by atoms with E-state index in [4.69, 9.17) is 15.3 Å². The van der Waals surface area contributed by atoms with E-state index in [1.54, 1.807) is 0 Å².